The number of aryl methyl sites for hydroxylation is 1. The van der Waals surface area contributed by atoms with E-state index in [2.05, 4.69) is 25.9 Å². The summed E-state index contributed by atoms with van der Waals surface area (Å²) in [5, 5.41) is 10.2. The lowest BCUT2D eigenvalue weighted by Gasteiger charge is -2.27. The van der Waals surface area contributed by atoms with Crippen LogP contribution in [0.3, 0.4) is 0 Å². The molecule has 3 amide bonds. The van der Waals surface area contributed by atoms with E-state index in [1.165, 1.54) is 11.3 Å². The Morgan fingerprint density at radius 3 is 2.83 bits per heavy atom. The maximum atomic E-state index is 12.7. The van der Waals surface area contributed by atoms with Crippen LogP contribution in [0.2, 0.25) is 0 Å². The van der Waals surface area contributed by atoms with Crippen LogP contribution < -0.4 is 16.0 Å². The molecule has 0 saturated carbocycles. The van der Waals surface area contributed by atoms with Crippen molar-refractivity contribution in [3.05, 3.63) is 57.4 Å². The van der Waals surface area contributed by atoms with Gasteiger partial charge in [-0.3, -0.25) is 14.8 Å². The molecule has 0 aliphatic carbocycles. The van der Waals surface area contributed by atoms with Crippen LogP contribution in [0, 0.1) is 6.92 Å². The number of nitrogens with one attached hydrogen (secondary N) is 3. The molecule has 124 valence electrons. The molecule has 24 heavy (non-hydrogen) atoms. The molecule has 8 heteroatoms. The number of carbonyl (C=O) groups excluding carboxylic acids is 2. The van der Waals surface area contributed by atoms with E-state index < -0.39 is 6.04 Å². The number of carbonyl (C=O) groups is 2. The fourth-order valence-electron chi connectivity index (χ4n) is 2.44. The van der Waals surface area contributed by atoms with Crippen LogP contribution in [0.15, 0.2) is 41.2 Å². The summed E-state index contributed by atoms with van der Waals surface area (Å²) in [6, 6.07) is 3.02. The van der Waals surface area contributed by atoms with Gasteiger partial charge in [0.25, 0.3) is 5.91 Å². The van der Waals surface area contributed by atoms with Crippen molar-refractivity contribution in [1.82, 2.24) is 25.9 Å². The van der Waals surface area contributed by atoms with Crippen LogP contribution >= 0.6 is 11.3 Å². The van der Waals surface area contributed by atoms with Crippen LogP contribution in [0.4, 0.5) is 4.79 Å². The SMILES string of the molecule is CC1=C(C(=O)NCc2cnc(C)cn2)C(c2cccs2)NC(=O)N1. The van der Waals surface area contributed by atoms with Gasteiger partial charge in [0.05, 0.1) is 35.7 Å². The fraction of sp³-hybridized carbons (Fsp3) is 0.250. The molecule has 1 aliphatic heterocycles. The Kier molecular flexibility index (Phi) is 4.57. The number of hydrogen-bond donors (Lipinski definition) is 3. The van der Waals surface area contributed by atoms with Crippen molar-refractivity contribution in [2.45, 2.75) is 26.4 Å². The Bertz CT molecular complexity index is 783. The van der Waals surface area contributed by atoms with Crippen molar-refractivity contribution in [3.63, 3.8) is 0 Å². The number of thiophene rings is 1. The van der Waals surface area contributed by atoms with Gasteiger partial charge in [0.15, 0.2) is 0 Å². The van der Waals surface area contributed by atoms with E-state index in [4.69, 9.17) is 0 Å². The van der Waals surface area contributed by atoms with E-state index >= 15 is 0 Å². The van der Waals surface area contributed by atoms with Gasteiger partial charge >= 0.3 is 6.03 Å². The molecule has 0 radical (unpaired) electrons. The summed E-state index contributed by atoms with van der Waals surface area (Å²) in [7, 11) is 0. The molecule has 0 bridgehead atoms. The maximum Gasteiger partial charge on any atom is 0.319 e. The second-order valence-corrected chi connectivity index (χ2v) is 6.40. The predicted octanol–water partition coefficient (Wildman–Crippen LogP) is 1.79. The van der Waals surface area contributed by atoms with Gasteiger partial charge in [0.2, 0.25) is 0 Å². The normalized spacial score (nSPS) is 17.2. The minimum absolute atomic E-state index is 0.249. The van der Waals surface area contributed by atoms with Crippen molar-refractivity contribution in [2.75, 3.05) is 0 Å². The second kappa shape index (κ2) is 6.79. The van der Waals surface area contributed by atoms with Gasteiger partial charge in [-0.2, -0.15) is 0 Å². The molecule has 7 nitrogen and oxygen atoms in total. The lowest BCUT2D eigenvalue weighted by Crippen LogP contribution is -2.46. The minimum atomic E-state index is -0.456. The van der Waals surface area contributed by atoms with Crippen LogP contribution in [0.1, 0.15) is 29.2 Å². The fourth-order valence-corrected chi connectivity index (χ4v) is 3.22. The molecule has 0 spiro atoms. The third-order valence-corrected chi connectivity index (χ3v) is 4.54. The summed E-state index contributed by atoms with van der Waals surface area (Å²) >= 11 is 1.49. The summed E-state index contributed by atoms with van der Waals surface area (Å²) in [6.45, 7) is 3.85. The van der Waals surface area contributed by atoms with Gasteiger partial charge in [0.1, 0.15) is 0 Å². The predicted molar refractivity (Wildman–Crippen MR) is 90.0 cm³/mol. The monoisotopic (exact) mass is 343 g/mol. The number of hydrogen-bond acceptors (Lipinski definition) is 5. The first-order chi connectivity index (χ1) is 11.5. The molecular formula is C16H17N5O2S. The molecule has 3 heterocycles. The van der Waals surface area contributed by atoms with Gasteiger partial charge in [0, 0.05) is 16.8 Å². The summed E-state index contributed by atoms with van der Waals surface area (Å²) in [5.74, 6) is -0.249. The Morgan fingerprint density at radius 2 is 2.17 bits per heavy atom. The van der Waals surface area contributed by atoms with Gasteiger partial charge in [-0.15, -0.1) is 11.3 Å². The number of nitrogens with zero attached hydrogens (tertiary/aromatic N) is 2. The molecular weight excluding hydrogens is 326 g/mol. The molecule has 3 rings (SSSR count). The molecule has 0 saturated heterocycles. The standard InChI is InChI=1S/C16H17N5O2S/c1-9-6-18-11(7-17-9)8-19-15(22)13-10(2)20-16(23)21-14(13)12-4-3-5-24-12/h3-7,14H,8H2,1-2H3,(H,19,22)(H2,20,21,23). The van der Waals surface area contributed by atoms with Crippen LogP contribution in [-0.4, -0.2) is 21.9 Å². The van der Waals surface area contributed by atoms with E-state index in [0.717, 1.165) is 10.6 Å². The number of amides is 3. The van der Waals surface area contributed by atoms with Crippen molar-refractivity contribution in [2.24, 2.45) is 0 Å². The first-order valence-corrected chi connectivity index (χ1v) is 8.30. The molecule has 1 aliphatic rings. The second-order valence-electron chi connectivity index (χ2n) is 5.42. The number of rotatable bonds is 4. The molecule has 1 unspecified atom stereocenters. The molecule has 1 atom stereocenters. The molecule has 2 aromatic heterocycles. The first kappa shape index (κ1) is 16.1. The Hall–Kier alpha value is -2.74. The number of aromatic nitrogens is 2. The van der Waals surface area contributed by atoms with Gasteiger partial charge < -0.3 is 16.0 Å². The average Bonchev–Trinajstić information content (AvgIpc) is 3.07. The van der Waals surface area contributed by atoms with E-state index in [1.54, 1.807) is 19.3 Å². The van der Waals surface area contributed by atoms with Crippen molar-refractivity contribution in [1.29, 1.82) is 0 Å². The van der Waals surface area contributed by atoms with Crippen molar-refractivity contribution < 1.29 is 9.59 Å². The molecule has 0 fully saturated rings. The van der Waals surface area contributed by atoms with E-state index in [-0.39, 0.29) is 18.5 Å². The zero-order chi connectivity index (χ0) is 17.1. The van der Waals surface area contributed by atoms with Crippen LogP contribution in [0.5, 0.6) is 0 Å². The minimum Gasteiger partial charge on any atom is -0.346 e. The van der Waals surface area contributed by atoms with Gasteiger partial charge in [-0.25, -0.2) is 4.79 Å². The number of allylic oxidation sites excluding steroid dienone is 1. The molecule has 0 aromatic carbocycles. The lowest BCUT2D eigenvalue weighted by molar-refractivity contribution is -0.118. The highest BCUT2D eigenvalue weighted by Gasteiger charge is 2.31. The third kappa shape index (κ3) is 3.43. The smallest absolute Gasteiger partial charge is 0.319 e. The lowest BCUT2D eigenvalue weighted by atomic mass is 10.0. The van der Waals surface area contributed by atoms with Crippen LogP contribution in [0.25, 0.3) is 0 Å². The van der Waals surface area contributed by atoms with Crippen molar-refractivity contribution in [3.8, 4) is 0 Å². The highest BCUT2D eigenvalue weighted by molar-refractivity contribution is 7.10. The van der Waals surface area contributed by atoms with E-state index in [9.17, 15) is 9.59 Å². The largest absolute Gasteiger partial charge is 0.346 e. The van der Waals surface area contributed by atoms with Crippen molar-refractivity contribution >= 4 is 23.3 Å². The summed E-state index contributed by atoms with van der Waals surface area (Å²) < 4.78 is 0. The topological polar surface area (TPSA) is 96.0 Å². The van der Waals surface area contributed by atoms with Crippen LogP contribution in [-0.2, 0) is 11.3 Å². The van der Waals surface area contributed by atoms with Gasteiger partial charge in [-0.05, 0) is 25.3 Å². The highest BCUT2D eigenvalue weighted by Crippen LogP contribution is 2.29. The van der Waals surface area contributed by atoms with E-state index in [1.807, 2.05) is 24.4 Å². The summed E-state index contributed by atoms with van der Waals surface area (Å²) in [5.41, 5.74) is 2.54. The molecule has 3 N–H and O–H groups in total. The summed E-state index contributed by atoms with van der Waals surface area (Å²) in [6.07, 6.45) is 3.29. The average molecular weight is 343 g/mol. The summed E-state index contributed by atoms with van der Waals surface area (Å²) in [4.78, 5) is 33.7. The highest BCUT2D eigenvalue weighted by atomic mass is 32.1. The Labute approximate surface area is 143 Å². The van der Waals surface area contributed by atoms with Gasteiger partial charge in [-0.1, -0.05) is 6.07 Å². The third-order valence-electron chi connectivity index (χ3n) is 3.61. The maximum absolute atomic E-state index is 12.7. The zero-order valence-corrected chi connectivity index (χ0v) is 14.1. The first-order valence-electron chi connectivity index (χ1n) is 7.42. The van der Waals surface area contributed by atoms with E-state index in [0.29, 0.717) is 17.0 Å². The molecule has 2 aromatic rings. The zero-order valence-electron chi connectivity index (χ0n) is 13.3. The Balaban J connectivity index is 1.78. The number of urea groups is 1. The Morgan fingerprint density at radius 1 is 1.33 bits per heavy atom. The quantitative estimate of drug-likeness (QED) is 0.788.